The minimum Gasteiger partial charge on any atom is -0.477 e. The lowest BCUT2D eigenvalue weighted by Crippen LogP contribution is -1.96. The zero-order valence-corrected chi connectivity index (χ0v) is 12.6. The van der Waals surface area contributed by atoms with Gasteiger partial charge in [0.15, 0.2) is 0 Å². The monoisotopic (exact) mass is 343 g/mol. The molecule has 5 nitrogen and oxygen atoms in total. The van der Waals surface area contributed by atoms with Crippen molar-refractivity contribution >= 4 is 17.3 Å². The molecule has 0 spiro atoms. The number of benzene rings is 1. The molecule has 2 aromatic heterocycles. The summed E-state index contributed by atoms with van der Waals surface area (Å²) in [6, 6.07) is 8.02. The van der Waals surface area contributed by atoms with Gasteiger partial charge in [-0.2, -0.15) is 5.26 Å². The fraction of sp³-hybridized carbons (Fsp3) is 0. The molecule has 24 heavy (non-hydrogen) atoms. The molecule has 1 N–H and O–H groups in total. The van der Waals surface area contributed by atoms with Crippen LogP contribution in [-0.4, -0.2) is 21.0 Å². The lowest BCUT2D eigenvalue weighted by molar-refractivity contribution is 0.0702. The van der Waals surface area contributed by atoms with Gasteiger partial charge >= 0.3 is 5.97 Å². The van der Waals surface area contributed by atoms with Crippen molar-refractivity contribution in [2.75, 3.05) is 0 Å². The normalized spacial score (nSPS) is 10.4. The predicted molar refractivity (Wildman–Crippen MR) is 82.4 cm³/mol. The summed E-state index contributed by atoms with van der Waals surface area (Å²) in [6.45, 7) is 0. The molecule has 0 amide bonds. The number of carbonyl (C=O) groups is 1. The minimum absolute atomic E-state index is 0.0202. The number of pyridine rings is 1. The van der Waals surface area contributed by atoms with E-state index in [9.17, 15) is 18.8 Å². The SMILES string of the molecule is N#Cc1nc(-c2ncc(C(=O)O)s2)ccc1-c1c(F)cccc1F. The molecule has 1 aromatic carbocycles. The van der Waals surface area contributed by atoms with Crippen molar-refractivity contribution in [3.8, 4) is 27.9 Å². The van der Waals surface area contributed by atoms with Crippen LogP contribution in [0.5, 0.6) is 0 Å². The van der Waals surface area contributed by atoms with Crippen LogP contribution in [0.25, 0.3) is 21.8 Å². The van der Waals surface area contributed by atoms with E-state index in [0.29, 0.717) is 5.01 Å². The summed E-state index contributed by atoms with van der Waals surface area (Å²) in [6.07, 6.45) is 1.18. The number of nitriles is 1. The summed E-state index contributed by atoms with van der Waals surface area (Å²) in [5.41, 5.74) is -0.238. The van der Waals surface area contributed by atoms with Crippen LogP contribution in [0.15, 0.2) is 36.5 Å². The molecule has 0 aliphatic heterocycles. The molecule has 0 aliphatic rings. The summed E-state index contributed by atoms with van der Waals surface area (Å²) < 4.78 is 27.8. The number of hydrogen-bond donors (Lipinski definition) is 1. The molecule has 0 radical (unpaired) electrons. The highest BCUT2D eigenvalue weighted by Crippen LogP contribution is 2.31. The standard InChI is InChI=1S/C16H7F2N3O2S/c17-9-2-1-3-10(18)14(9)8-4-5-11(21-12(8)6-19)15-20-7-13(24-15)16(22)23/h1-5,7H,(H,22,23). The molecule has 2 heterocycles. The Balaban J connectivity index is 2.12. The Kier molecular flexibility index (Phi) is 4.02. The second kappa shape index (κ2) is 6.14. The van der Waals surface area contributed by atoms with Crippen LogP contribution in [0, 0.1) is 23.0 Å². The average molecular weight is 343 g/mol. The van der Waals surface area contributed by atoms with Gasteiger partial charge < -0.3 is 5.11 Å². The molecule has 118 valence electrons. The van der Waals surface area contributed by atoms with E-state index in [4.69, 9.17) is 5.11 Å². The maximum absolute atomic E-state index is 13.9. The van der Waals surface area contributed by atoms with Gasteiger partial charge in [-0.3, -0.25) is 0 Å². The number of aromatic nitrogens is 2. The van der Waals surface area contributed by atoms with E-state index in [2.05, 4.69) is 9.97 Å². The third kappa shape index (κ3) is 2.73. The van der Waals surface area contributed by atoms with Crippen molar-refractivity contribution in [2.24, 2.45) is 0 Å². The zero-order chi connectivity index (χ0) is 17.3. The maximum Gasteiger partial charge on any atom is 0.347 e. The van der Waals surface area contributed by atoms with Gasteiger partial charge in [-0.15, -0.1) is 11.3 Å². The van der Waals surface area contributed by atoms with Crippen LogP contribution in [0.2, 0.25) is 0 Å². The first-order valence-electron chi connectivity index (χ1n) is 6.56. The average Bonchev–Trinajstić information content (AvgIpc) is 3.05. The highest BCUT2D eigenvalue weighted by molar-refractivity contribution is 7.16. The van der Waals surface area contributed by atoms with E-state index in [1.54, 1.807) is 6.07 Å². The van der Waals surface area contributed by atoms with Crippen molar-refractivity contribution in [1.82, 2.24) is 9.97 Å². The molecule has 0 atom stereocenters. The quantitative estimate of drug-likeness (QED) is 0.783. The van der Waals surface area contributed by atoms with Crippen molar-refractivity contribution < 1.29 is 18.7 Å². The lowest BCUT2D eigenvalue weighted by atomic mass is 10.0. The van der Waals surface area contributed by atoms with E-state index in [1.807, 2.05) is 0 Å². The van der Waals surface area contributed by atoms with Gasteiger partial charge in [-0.05, 0) is 24.3 Å². The van der Waals surface area contributed by atoms with E-state index in [1.165, 1.54) is 24.4 Å². The third-order valence-corrected chi connectivity index (χ3v) is 4.18. The smallest absolute Gasteiger partial charge is 0.347 e. The van der Waals surface area contributed by atoms with E-state index >= 15 is 0 Å². The maximum atomic E-state index is 13.9. The van der Waals surface area contributed by atoms with Crippen LogP contribution in [-0.2, 0) is 0 Å². The number of aromatic carboxylic acids is 1. The van der Waals surface area contributed by atoms with Crippen molar-refractivity contribution in [1.29, 1.82) is 5.26 Å². The molecule has 0 bridgehead atoms. The summed E-state index contributed by atoms with van der Waals surface area (Å²) in [4.78, 5) is 18.9. The van der Waals surface area contributed by atoms with E-state index in [0.717, 1.165) is 23.5 Å². The van der Waals surface area contributed by atoms with Crippen LogP contribution in [0.1, 0.15) is 15.4 Å². The van der Waals surface area contributed by atoms with Crippen LogP contribution >= 0.6 is 11.3 Å². The second-order valence-electron chi connectivity index (χ2n) is 4.64. The topological polar surface area (TPSA) is 86.9 Å². The Bertz CT molecular complexity index is 975. The van der Waals surface area contributed by atoms with Gasteiger partial charge in [-0.1, -0.05) is 6.07 Å². The van der Waals surface area contributed by atoms with Crippen LogP contribution in [0.3, 0.4) is 0 Å². The molecule has 8 heteroatoms. The fourth-order valence-electron chi connectivity index (χ4n) is 2.11. The Morgan fingerprint density at radius 2 is 1.92 bits per heavy atom. The predicted octanol–water partition coefficient (Wildman–Crippen LogP) is 3.72. The van der Waals surface area contributed by atoms with Gasteiger partial charge in [0.25, 0.3) is 0 Å². The summed E-state index contributed by atoms with van der Waals surface area (Å²) in [5.74, 6) is -2.73. The van der Waals surface area contributed by atoms with Crippen LogP contribution in [0.4, 0.5) is 8.78 Å². The van der Waals surface area contributed by atoms with Crippen molar-refractivity contribution in [3.63, 3.8) is 0 Å². The Hall–Kier alpha value is -3.18. The number of rotatable bonds is 3. The van der Waals surface area contributed by atoms with E-state index in [-0.39, 0.29) is 27.4 Å². The van der Waals surface area contributed by atoms with Crippen LogP contribution < -0.4 is 0 Å². The number of carboxylic acids is 1. The number of nitrogens with zero attached hydrogens (tertiary/aromatic N) is 3. The highest BCUT2D eigenvalue weighted by atomic mass is 32.1. The number of hydrogen-bond acceptors (Lipinski definition) is 5. The van der Waals surface area contributed by atoms with Crippen molar-refractivity contribution in [2.45, 2.75) is 0 Å². The van der Waals surface area contributed by atoms with E-state index < -0.39 is 17.6 Å². The number of carboxylic acid groups (broad SMARTS) is 1. The largest absolute Gasteiger partial charge is 0.477 e. The Labute approximate surface area is 138 Å². The minimum atomic E-state index is -1.12. The highest BCUT2D eigenvalue weighted by Gasteiger charge is 2.18. The van der Waals surface area contributed by atoms with Gasteiger partial charge in [0.05, 0.1) is 11.8 Å². The number of thiazole rings is 1. The first-order chi connectivity index (χ1) is 11.5. The third-order valence-electron chi connectivity index (χ3n) is 3.17. The van der Waals surface area contributed by atoms with Gasteiger partial charge in [0, 0.05) is 5.56 Å². The molecule has 3 rings (SSSR count). The fourth-order valence-corrected chi connectivity index (χ4v) is 2.84. The summed E-state index contributed by atoms with van der Waals surface area (Å²) in [7, 11) is 0. The van der Waals surface area contributed by atoms with Gasteiger partial charge in [0.2, 0.25) is 0 Å². The lowest BCUT2D eigenvalue weighted by Gasteiger charge is -2.07. The van der Waals surface area contributed by atoms with Crippen molar-refractivity contribution in [3.05, 3.63) is 58.7 Å². The van der Waals surface area contributed by atoms with Gasteiger partial charge in [0.1, 0.15) is 39.0 Å². The molecule has 0 saturated heterocycles. The summed E-state index contributed by atoms with van der Waals surface area (Å²) >= 11 is 0.891. The molecule has 0 saturated carbocycles. The zero-order valence-electron chi connectivity index (χ0n) is 11.8. The molecule has 0 aliphatic carbocycles. The number of halogens is 2. The molecule has 0 unspecified atom stereocenters. The Morgan fingerprint density at radius 3 is 2.50 bits per heavy atom. The molecule has 3 aromatic rings. The molecular weight excluding hydrogens is 336 g/mol. The first kappa shape index (κ1) is 15.7. The summed E-state index contributed by atoms with van der Waals surface area (Å²) in [5, 5.41) is 18.5. The Morgan fingerprint density at radius 1 is 1.21 bits per heavy atom. The molecular formula is C16H7F2N3O2S. The van der Waals surface area contributed by atoms with Gasteiger partial charge in [-0.25, -0.2) is 23.5 Å². The first-order valence-corrected chi connectivity index (χ1v) is 7.38. The molecule has 0 fully saturated rings. The second-order valence-corrected chi connectivity index (χ2v) is 5.67.